The Labute approximate surface area is 219 Å². The van der Waals surface area contributed by atoms with Crippen molar-refractivity contribution in [3.63, 3.8) is 0 Å². The average Bonchev–Trinajstić information content (AvgIpc) is 3.34. The Kier molecular flexibility index (Phi) is 9.59. The lowest BCUT2D eigenvalue weighted by Crippen LogP contribution is -2.13. The zero-order chi connectivity index (χ0) is 26.8. The zero-order valence-corrected chi connectivity index (χ0v) is 22.2. The molecule has 194 valence electrons. The predicted molar refractivity (Wildman–Crippen MR) is 140 cm³/mol. The van der Waals surface area contributed by atoms with E-state index in [4.69, 9.17) is 14.2 Å². The van der Waals surface area contributed by atoms with Crippen LogP contribution in [0.15, 0.2) is 53.2 Å². The summed E-state index contributed by atoms with van der Waals surface area (Å²) in [5.41, 5.74) is 1.40. The number of hydrogen-bond acceptors (Lipinski definition) is 10. The first-order valence-corrected chi connectivity index (χ1v) is 13.9. The molecule has 0 aliphatic carbocycles. The maximum Gasteiger partial charge on any atom is 0.268 e. The van der Waals surface area contributed by atoms with Crippen LogP contribution in [0.2, 0.25) is 0 Å². The molecule has 0 unspecified atom stereocenters. The highest BCUT2D eigenvalue weighted by Crippen LogP contribution is 2.30. The van der Waals surface area contributed by atoms with Gasteiger partial charge in [0.25, 0.3) is 11.1 Å². The smallest absolute Gasteiger partial charge is 0.268 e. The van der Waals surface area contributed by atoms with Crippen molar-refractivity contribution in [1.29, 1.82) is 5.26 Å². The molecule has 10 nitrogen and oxygen atoms in total. The minimum Gasteiger partial charge on any atom is -0.493 e. The zero-order valence-electron chi connectivity index (χ0n) is 20.6. The Balaban J connectivity index is 1.63. The van der Waals surface area contributed by atoms with Gasteiger partial charge in [0.05, 0.1) is 19.8 Å². The van der Waals surface area contributed by atoms with E-state index in [2.05, 4.69) is 14.7 Å². The second-order valence-electron chi connectivity index (χ2n) is 7.73. The second kappa shape index (κ2) is 12.8. The van der Waals surface area contributed by atoms with Crippen molar-refractivity contribution in [3.8, 4) is 23.3 Å². The first kappa shape index (κ1) is 27.6. The van der Waals surface area contributed by atoms with Crippen molar-refractivity contribution >= 4 is 38.5 Å². The lowest BCUT2D eigenvalue weighted by atomic mass is 10.1. The molecule has 0 saturated carbocycles. The van der Waals surface area contributed by atoms with Crippen LogP contribution in [0.4, 0.5) is 5.13 Å². The van der Waals surface area contributed by atoms with Crippen molar-refractivity contribution in [2.75, 3.05) is 31.4 Å². The SMILES string of the molecule is CCOc1cc(C=C(C#N)C(=O)Nc2nc(S(C)(=O)=O)ns2)ccc1OCCCOc1ccccc1C. The molecule has 0 aliphatic rings. The summed E-state index contributed by atoms with van der Waals surface area (Å²) < 4.78 is 44.1. The monoisotopic (exact) mass is 542 g/mol. The van der Waals surface area contributed by atoms with Gasteiger partial charge in [-0.1, -0.05) is 24.3 Å². The van der Waals surface area contributed by atoms with Crippen molar-refractivity contribution in [3.05, 3.63) is 59.2 Å². The highest BCUT2D eigenvalue weighted by molar-refractivity contribution is 7.90. The quantitative estimate of drug-likeness (QED) is 0.204. The van der Waals surface area contributed by atoms with Gasteiger partial charge in [-0.05, 0) is 49.2 Å². The molecule has 3 rings (SSSR count). The Morgan fingerprint density at radius 1 is 1.11 bits per heavy atom. The van der Waals surface area contributed by atoms with E-state index in [0.717, 1.165) is 17.6 Å². The van der Waals surface area contributed by atoms with E-state index in [1.807, 2.05) is 44.2 Å². The molecule has 0 atom stereocenters. The van der Waals surface area contributed by atoms with Crippen LogP contribution < -0.4 is 19.5 Å². The summed E-state index contributed by atoms with van der Waals surface area (Å²) >= 11 is 0.706. The summed E-state index contributed by atoms with van der Waals surface area (Å²) in [6, 6.07) is 14.7. The number of hydrogen-bond donors (Lipinski definition) is 1. The number of nitrogens with one attached hydrogen (secondary N) is 1. The summed E-state index contributed by atoms with van der Waals surface area (Å²) in [6.45, 7) is 5.12. The highest BCUT2D eigenvalue weighted by atomic mass is 32.2. The number of carbonyl (C=O) groups excluding carboxylic acids is 1. The van der Waals surface area contributed by atoms with Crippen LogP contribution in [0, 0.1) is 18.3 Å². The lowest BCUT2D eigenvalue weighted by molar-refractivity contribution is -0.112. The lowest BCUT2D eigenvalue weighted by Gasteiger charge is -2.13. The van der Waals surface area contributed by atoms with Crippen molar-refractivity contribution in [1.82, 2.24) is 9.36 Å². The number of sulfone groups is 1. The number of aromatic nitrogens is 2. The maximum absolute atomic E-state index is 12.5. The molecule has 2 aromatic carbocycles. The molecule has 0 radical (unpaired) electrons. The summed E-state index contributed by atoms with van der Waals surface area (Å²) in [5.74, 6) is 1.09. The Bertz CT molecular complexity index is 1430. The minimum absolute atomic E-state index is 0.0308. The summed E-state index contributed by atoms with van der Waals surface area (Å²) in [7, 11) is -3.61. The van der Waals surface area contributed by atoms with Crippen LogP contribution in [-0.2, 0) is 14.6 Å². The van der Waals surface area contributed by atoms with Crippen LogP contribution in [0.1, 0.15) is 24.5 Å². The first-order chi connectivity index (χ1) is 17.7. The molecule has 1 N–H and O–H groups in total. The van der Waals surface area contributed by atoms with E-state index in [9.17, 15) is 18.5 Å². The number of carbonyl (C=O) groups is 1. The Morgan fingerprint density at radius 3 is 2.49 bits per heavy atom. The summed E-state index contributed by atoms with van der Waals surface area (Å²) in [6.07, 6.45) is 3.01. The molecule has 0 aliphatic heterocycles. The minimum atomic E-state index is -3.61. The van der Waals surface area contributed by atoms with Gasteiger partial charge in [-0.15, -0.1) is 0 Å². The molecule has 12 heteroatoms. The summed E-state index contributed by atoms with van der Waals surface area (Å²) in [5, 5.41) is 11.5. The predicted octanol–water partition coefficient (Wildman–Crippen LogP) is 4.04. The van der Waals surface area contributed by atoms with Gasteiger partial charge >= 0.3 is 0 Å². The van der Waals surface area contributed by atoms with E-state index in [1.165, 1.54) is 6.08 Å². The van der Waals surface area contributed by atoms with Crippen molar-refractivity contribution in [2.24, 2.45) is 0 Å². The van der Waals surface area contributed by atoms with Gasteiger partial charge in [0.1, 0.15) is 17.4 Å². The van der Waals surface area contributed by atoms with Gasteiger partial charge in [-0.2, -0.15) is 14.6 Å². The normalized spacial score (nSPS) is 11.5. The molecule has 0 bridgehead atoms. The average molecular weight is 543 g/mol. The molecular weight excluding hydrogens is 516 g/mol. The van der Waals surface area contributed by atoms with E-state index < -0.39 is 20.9 Å². The third-order valence-electron chi connectivity index (χ3n) is 4.80. The number of nitrogens with zero attached hydrogens (tertiary/aromatic N) is 3. The number of benzene rings is 2. The number of nitriles is 1. The van der Waals surface area contributed by atoms with Gasteiger partial charge < -0.3 is 14.2 Å². The van der Waals surface area contributed by atoms with Gasteiger partial charge in [-0.25, -0.2) is 8.42 Å². The Hall–Kier alpha value is -3.95. The number of anilines is 1. The molecule has 1 heterocycles. The third-order valence-corrected chi connectivity index (χ3v) is 6.39. The van der Waals surface area contributed by atoms with E-state index in [-0.39, 0.29) is 10.7 Å². The fourth-order valence-corrected chi connectivity index (χ4v) is 4.47. The topological polar surface area (TPSA) is 140 Å². The molecule has 1 aromatic heterocycles. The highest BCUT2D eigenvalue weighted by Gasteiger charge is 2.18. The van der Waals surface area contributed by atoms with Gasteiger partial charge in [0.15, 0.2) is 11.5 Å². The maximum atomic E-state index is 12.5. The molecule has 3 aromatic rings. The summed E-state index contributed by atoms with van der Waals surface area (Å²) in [4.78, 5) is 16.3. The Morgan fingerprint density at radius 2 is 1.84 bits per heavy atom. The molecular formula is C25H26N4O6S2. The van der Waals surface area contributed by atoms with E-state index in [0.29, 0.717) is 54.8 Å². The number of amides is 1. The third kappa shape index (κ3) is 8.03. The van der Waals surface area contributed by atoms with Crippen molar-refractivity contribution < 1.29 is 27.4 Å². The molecule has 37 heavy (non-hydrogen) atoms. The first-order valence-electron chi connectivity index (χ1n) is 11.3. The molecule has 0 saturated heterocycles. The fourth-order valence-electron chi connectivity index (χ4n) is 3.03. The standard InChI is InChI=1S/C25H26N4O6S2/c1-4-33-22-15-18(10-11-21(22)35-13-7-12-34-20-9-6-5-8-17(20)2)14-19(16-26)23(30)27-24-28-25(29-36-24)37(3,31)32/h5-6,8-11,14-15H,4,7,12-13H2,1-3H3,(H,27,28,29,30). The van der Waals surface area contributed by atoms with Crippen LogP contribution in [0.3, 0.4) is 0 Å². The number of rotatable bonds is 12. The van der Waals surface area contributed by atoms with Crippen LogP contribution in [0.25, 0.3) is 6.08 Å². The van der Waals surface area contributed by atoms with Crippen LogP contribution in [0.5, 0.6) is 17.2 Å². The number of aryl methyl sites for hydroxylation is 1. The van der Waals surface area contributed by atoms with Crippen LogP contribution >= 0.6 is 11.5 Å². The number of para-hydroxylation sites is 1. The number of ether oxygens (including phenoxy) is 3. The molecule has 0 fully saturated rings. The van der Waals surface area contributed by atoms with Gasteiger partial charge in [0, 0.05) is 24.2 Å². The second-order valence-corrected chi connectivity index (χ2v) is 10.4. The fraction of sp³-hybridized carbons (Fsp3) is 0.280. The largest absolute Gasteiger partial charge is 0.493 e. The van der Waals surface area contributed by atoms with Crippen molar-refractivity contribution in [2.45, 2.75) is 25.4 Å². The van der Waals surface area contributed by atoms with Gasteiger partial charge in [-0.3, -0.25) is 10.1 Å². The van der Waals surface area contributed by atoms with Crippen LogP contribution in [-0.4, -0.2) is 49.8 Å². The van der Waals surface area contributed by atoms with Gasteiger partial charge in [0.2, 0.25) is 15.0 Å². The van der Waals surface area contributed by atoms with E-state index >= 15 is 0 Å². The van der Waals surface area contributed by atoms with E-state index in [1.54, 1.807) is 18.2 Å². The molecule has 1 amide bonds. The molecule has 0 spiro atoms.